The van der Waals surface area contributed by atoms with Crippen molar-refractivity contribution in [2.24, 2.45) is 4.99 Å². The first-order valence-electron chi connectivity index (χ1n) is 8.43. The van der Waals surface area contributed by atoms with Crippen LogP contribution in [0.25, 0.3) is 0 Å². The zero-order chi connectivity index (χ0) is 19.0. The van der Waals surface area contributed by atoms with Gasteiger partial charge in [-0.05, 0) is 19.1 Å². The zero-order valence-electron chi connectivity index (χ0n) is 14.6. The molecule has 1 atom stereocenters. The Morgan fingerprint density at radius 1 is 1.38 bits per heavy atom. The highest BCUT2D eigenvalue weighted by atomic mass is 35.5. The van der Waals surface area contributed by atoms with Crippen molar-refractivity contribution in [2.75, 3.05) is 50.0 Å². The SMILES string of the molecule is CCNC(=NCC(O)c1ccc(Cl)s1)NCCS(=O)(=O)N1CCSCC1. The van der Waals surface area contributed by atoms with Crippen LogP contribution in [0.15, 0.2) is 17.1 Å². The Labute approximate surface area is 168 Å². The normalized spacial score (nSPS) is 17.9. The van der Waals surface area contributed by atoms with Crippen LogP contribution in [0.2, 0.25) is 4.34 Å². The van der Waals surface area contributed by atoms with Crippen molar-refractivity contribution in [3.05, 3.63) is 21.3 Å². The van der Waals surface area contributed by atoms with Gasteiger partial charge in [0.1, 0.15) is 6.10 Å². The van der Waals surface area contributed by atoms with Gasteiger partial charge in [0.2, 0.25) is 10.0 Å². The number of nitrogens with one attached hydrogen (secondary N) is 2. The summed E-state index contributed by atoms with van der Waals surface area (Å²) in [6, 6.07) is 3.51. The highest BCUT2D eigenvalue weighted by Crippen LogP contribution is 2.26. The first-order valence-corrected chi connectivity index (χ1v) is 12.4. The molecule has 0 saturated carbocycles. The van der Waals surface area contributed by atoms with Crippen molar-refractivity contribution >= 4 is 50.7 Å². The minimum atomic E-state index is -3.25. The van der Waals surface area contributed by atoms with E-state index in [0.29, 0.717) is 29.9 Å². The molecule has 3 N–H and O–H groups in total. The van der Waals surface area contributed by atoms with Crippen LogP contribution < -0.4 is 10.6 Å². The molecule has 0 amide bonds. The number of rotatable bonds is 8. The van der Waals surface area contributed by atoms with E-state index in [4.69, 9.17) is 11.6 Å². The molecule has 2 heterocycles. The van der Waals surface area contributed by atoms with Crippen LogP contribution in [-0.4, -0.2) is 73.8 Å². The van der Waals surface area contributed by atoms with Crippen LogP contribution in [0, 0.1) is 0 Å². The lowest BCUT2D eigenvalue weighted by Crippen LogP contribution is -2.44. The highest BCUT2D eigenvalue weighted by molar-refractivity contribution is 7.99. The van der Waals surface area contributed by atoms with Gasteiger partial charge in [-0.1, -0.05) is 11.6 Å². The van der Waals surface area contributed by atoms with Gasteiger partial charge < -0.3 is 15.7 Å². The summed E-state index contributed by atoms with van der Waals surface area (Å²) in [5.41, 5.74) is 0. The Hall–Kier alpha value is -0.520. The van der Waals surface area contributed by atoms with Gasteiger partial charge in [-0.2, -0.15) is 11.8 Å². The lowest BCUT2D eigenvalue weighted by Gasteiger charge is -2.25. The van der Waals surface area contributed by atoms with Crippen molar-refractivity contribution in [2.45, 2.75) is 13.0 Å². The van der Waals surface area contributed by atoms with Crippen LogP contribution in [-0.2, 0) is 10.0 Å². The van der Waals surface area contributed by atoms with Gasteiger partial charge in [-0.15, -0.1) is 11.3 Å². The molecule has 2 rings (SSSR count). The molecule has 26 heavy (non-hydrogen) atoms. The average molecular weight is 441 g/mol. The molecule has 0 radical (unpaired) electrons. The second kappa shape index (κ2) is 10.7. The molecule has 0 aromatic carbocycles. The third kappa shape index (κ3) is 6.90. The van der Waals surface area contributed by atoms with E-state index in [0.717, 1.165) is 16.4 Å². The summed E-state index contributed by atoms with van der Waals surface area (Å²) in [6.07, 6.45) is -0.738. The minimum absolute atomic E-state index is 0.0190. The molecule has 7 nitrogen and oxygen atoms in total. The molecule has 0 bridgehead atoms. The molecule has 148 valence electrons. The Kier molecular flexibility index (Phi) is 8.98. The molecule has 1 aliphatic heterocycles. The predicted molar refractivity (Wildman–Crippen MR) is 111 cm³/mol. The number of thioether (sulfide) groups is 1. The zero-order valence-corrected chi connectivity index (χ0v) is 17.9. The van der Waals surface area contributed by atoms with Gasteiger partial charge in [-0.25, -0.2) is 12.7 Å². The topological polar surface area (TPSA) is 94.0 Å². The van der Waals surface area contributed by atoms with Crippen LogP contribution in [0.3, 0.4) is 0 Å². The van der Waals surface area contributed by atoms with E-state index in [1.165, 1.54) is 11.3 Å². The summed E-state index contributed by atoms with van der Waals surface area (Å²) in [5, 5.41) is 16.2. The molecular formula is C15H25ClN4O3S3. The smallest absolute Gasteiger partial charge is 0.215 e. The number of aliphatic hydroxyl groups is 1. The van der Waals surface area contributed by atoms with Crippen molar-refractivity contribution in [1.29, 1.82) is 0 Å². The Morgan fingerprint density at radius 2 is 2.12 bits per heavy atom. The second-order valence-electron chi connectivity index (χ2n) is 5.63. The predicted octanol–water partition coefficient (Wildman–Crippen LogP) is 1.37. The summed E-state index contributed by atoms with van der Waals surface area (Å²) in [7, 11) is -3.25. The molecule has 1 aliphatic rings. The van der Waals surface area contributed by atoms with Crippen LogP contribution in [0.4, 0.5) is 0 Å². The number of hydrogen-bond acceptors (Lipinski definition) is 6. The molecular weight excluding hydrogens is 416 g/mol. The van der Waals surface area contributed by atoms with Crippen LogP contribution >= 0.6 is 34.7 Å². The number of halogens is 1. The third-order valence-electron chi connectivity index (χ3n) is 3.70. The molecule has 0 spiro atoms. The molecule has 1 aromatic rings. The summed E-state index contributed by atoms with van der Waals surface area (Å²) >= 11 is 8.97. The molecule has 1 unspecified atom stereocenters. The van der Waals surface area contributed by atoms with Crippen LogP contribution in [0.5, 0.6) is 0 Å². The lowest BCUT2D eigenvalue weighted by molar-refractivity contribution is 0.191. The summed E-state index contributed by atoms with van der Waals surface area (Å²) in [5.74, 6) is 2.20. The molecule has 1 saturated heterocycles. The highest BCUT2D eigenvalue weighted by Gasteiger charge is 2.23. The van der Waals surface area contributed by atoms with E-state index in [2.05, 4.69) is 15.6 Å². The van der Waals surface area contributed by atoms with Crippen molar-refractivity contribution < 1.29 is 13.5 Å². The van der Waals surface area contributed by atoms with E-state index < -0.39 is 16.1 Å². The average Bonchev–Trinajstić information content (AvgIpc) is 3.06. The Morgan fingerprint density at radius 3 is 2.73 bits per heavy atom. The van der Waals surface area contributed by atoms with Gasteiger partial charge in [0.25, 0.3) is 0 Å². The van der Waals surface area contributed by atoms with Gasteiger partial charge in [-0.3, -0.25) is 4.99 Å². The lowest BCUT2D eigenvalue weighted by atomic mass is 10.3. The standard InChI is InChI=1S/C15H25ClN4O3S3/c1-2-17-15(19-11-12(21)13-3-4-14(16)25-13)18-5-10-26(22,23)20-6-8-24-9-7-20/h3-4,12,21H,2,5-11H2,1H3,(H2,17,18,19). The monoisotopic (exact) mass is 440 g/mol. The number of aliphatic hydroxyl groups excluding tert-OH is 1. The molecule has 0 aliphatic carbocycles. The first kappa shape index (κ1) is 21.8. The molecule has 1 aromatic heterocycles. The fraction of sp³-hybridized carbons (Fsp3) is 0.667. The van der Waals surface area contributed by atoms with Crippen molar-refractivity contribution in [3.63, 3.8) is 0 Å². The first-order chi connectivity index (χ1) is 12.4. The fourth-order valence-corrected chi connectivity index (χ4v) is 5.90. The number of guanidine groups is 1. The fourth-order valence-electron chi connectivity index (χ4n) is 2.37. The Balaban J connectivity index is 1.84. The number of nitrogens with zero attached hydrogens (tertiary/aromatic N) is 2. The third-order valence-corrected chi connectivity index (χ3v) is 7.85. The van der Waals surface area contributed by atoms with Gasteiger partial charge in [0.05, 0.1) is 16.6 Å². The van der Waals surface area contributed by atoms with Gasteiger partial charge in [0, 0.05) is 42.6 Å². The van der Waals surface area contributed by atoms with E-state index in [1.807, 2.05) is 6.92 Å². The van der Waals surface area contributed by atoms with Crippen molar-refractivity contribution in [1.82, 2.24) is 14.9 Å². The minimum Gasteiger partial charge on any atom is -0.386 e. The molecule has 1 fully saturated rings. The van der Waals surface area contributed by atoms with Gasteiger partial charge >= 0.3 is 0 Å². The maximum atomic E-state index is 12.3. The summed E-state index contributed by atoms with van der Waals surface area (Å²) in [6.45, 7) is 4.16. The number of aliphatic imine (C=N–C) groups is 1. The van der Waals surface area contributed by atoms with E-state index in [1.54, 1.807) is 28.2 Å². The largest absolute Gasteiger partial charge is 0.386 e. The second-order valence-corrected chi connectivity index (χ2v) is 10.7. The molecule has 11 heteroatoms. The van der Waals surface area contributed by atoms with E-state index in [9.17, 15) is 13.5 Å². The summed E-state index contributed by atoms with van der Waals surface area (Å²) in [4.78, 5) is 5.08. The summed E-state index contributed by atoms with van der Waals surface area (Å²) < 4.78 is 26.9. The number of sulfonamides is 1. The number of thiophene rings is 1. The van der Waals surface area contributed by atoms with Crippen molar-refractivity contribution in [3.8, 4) is 0 Å². The maximum absolute atomic E-state index is 12.3. The number of hydrogen-bond donors (Lipinski definition) is 3. The quantitative estimate of drug-likeness (QED) is 0.417. The van der Waals surface area contributed by atoms with E-state index in [-0.39, 0.29) is 18.8 Å². The Bertz CT molecular complexity index is 690. The van der Waals surface area contributed by atoms with E-state index >= 15 is 0 Å². The van der Waals surface area contributed by atoms with Crippen LogP contribution in [0.1, 0.15) is 17.9 Å². The van der Waals surface area contributed by atoms with Gasteiger partial charge in [0.15, 0.2) is 5.96 Å². The maximum Gasteiger partial charge on any atom is 0.215 e.